The second kappa shape index (κ2) is 9.50. The van der Waals surface area contributed by atoms with Gasteiger partial charge in [0.15, 0.2) is 11.6 Å². The van der Waals surface area contributed by atoms with Crippen molar-refractivity contribution in [2.24, 2.45) is 10.9 Å². The van der Waals surface area contributed by atoms with Gasteiger partial charge < -0.3 is 10.6 Å². The van der Waals surface area contributed by atoms with Crippen molar-refractivity contribution in [2.45, 2.75) is 39.3 Å². The molecule has 0 aliphatic carbocycles. The Morgan fingerprint density at radius 2 is 2.12 bits per heavy atom. The molecule has 0 radical (unpaired) electrons. The summed E-state index contributed by atoms with van der Waals surface area (Å²) in [6, 6.07) is 6.95. The topological polar surface area (TPSA) is 69.8 Å². The second-order valence-electron chi connectivity index (χ2n) is 7.07. The number of hydrogen-bond donors (Lipinski definition) is 2. The molecule has 3 rings (SSSR count). The Morgan fingerprint density at radius 1 is 1.31 bits per heavy atom. The molecule has 2 unspecified atom stereocenters. The van der Waals surface area contributed by atoms with Crippen LogP contribution in [-0.4, -0.2) is 64.2 Å². The summed E-state index contributed by atoms with van der Waals surface area (Å²) in [5, 5.41) is 15.4. The predicted molar refractivity (Wildman–Crippen MR) is 116 cm³/mol. The largest absolute Gasteiger partial charge is 0.356 e. The van der Waals surface area contributed by atoms with Crippen LogP contribution in [0.25, 0.3) is 5.65 Å². The lowest BCUT2D eigenvalue weighted by atomic mass is 10.1. The molecule has 26 heavy (non-hydrogen) atoms. The van der Waals surface area contributed by atoms with Gasteiger partial charge in [0.2, 0.25) is 0 Å². The van der Waals surface area contributed by atoms with E-state index in [1.54, 1.807) is 0 Å². The zero-order valence-electron chi connectivity index (χ0n) is 16.0. The molecule has 0 spiro atoms. The maximum atomic E-state index is 4.37. The van der Waals surface area contributed by atoms with Gasteiger partial charge in [0.25, 0.3) is 0 Å². The van der Waals surface area contributed by atoms with Crippen molar-refractivity contribution >= 4 is 35.6 Å². The zero-order chi connectivity index (χ0) is 17.8. The number of guanidine groups is 1. The molecule has 0 amide bonds. The Hall–Kier alpha value is -1.42. The van der Waals surface area contributed by atoms with Crippen LogP contribution >= 0.6 is 24.0 Å². The van der Waals surface area contributed by atoms with E-state index in [0.717, 1.165) is 43.5 Å². The summed E-state index contributed by atoms with van der Waals surface area (Å²) in [6.45, 7) is 9.78. The van der Waals surface area contributed by atoms with Gasteiger partial charge in [-0.05, 0) is 31.9 Å². The number of rotatable bonds is 5. The average molecular weight is 471 g/mol. The molecule has 0 saturated carbocycles. The standard InChI is InChI=1S/C18H29N7.HI/c1-13(2)24-11-14(3)15(12-24)21-18(19-4)20-9-8-17-23-22-16-7-5-6-10-25(16)17;/h5-7,10,13-15H,8-9,11-12H2,1-4H3,(H2,19,20,21);1H. The van der Waals surface area contributed by atoms with Crippen molar-refractivity contribution in [3.8, 4) is 0 Å². The Labute approximate surface area is 172 Å². The van der Waals surface area contributed by atoms with Gasteiger partial charge in [0, 0.05) is 51.4 Å². The minimum Gasteiger partial charge on any atom is -0.356 e. The fourth-order valence-corrected chi connectivity index (χ4v) is 3.34. The first-order valence-corrected chi connectivity index (χ1v) is 9.08. The lowest BCUT2D eigenvalue weighted by molar-refractivity contribution is 0.265. The van der Waals surface area contributed by atoms with Crippen molar-refractivity contribution in [1.82, 2.24) is 30.1 Å². The highest BCUT2D eigenvalue weighted by atomic mass is 127. The Balaban J connectivity index is 0.00000243. The predicted octanol–water partition coefficient (Wildman–Crippen LogP) is 1.78. The number of nitrogens with one attached hydrogen (secondary N) is 2. The van der Waals surface area contributed by atoms with Crippen LogP contribution in [0, 0.1) is 5.92 Å². The molecule has 3 heterocycles. The van der Waals surface area contributed by atoms with Crippen LogP contribution in [0.2, 0.25) is 0 Å². The van der Waals surface area contributed by atoms with E-state index in [1.807, 2.05) is 35.8 Å². The van der Waals surface area contributed by atoms with Gasteiger partial charge in [0.1, 0.15) is 5.82 Å². The third-order valence-electron chi connectivity index (χ3n) is 4.94. The number of halogens is 1. The van der Waals surface area contributed by atoms with Gasteiger partial charge in [-0.15, -0.1) is 34.2 Å². The maximum absolute atomic E-state index is 4.37. The second-order valence-corrected chi connectivity index (χ2v) is 7.07. The van der Waals surface area contributed by atoms with E-state index in [-0.39, 0.29) is 24.0 Å². The molecule has 0 bridgehead atoms. The zero-order valence-corrected chi connectivity index (χ0v) is 18.3. The number of pyridine rings is 1. The third-order valence-corrected chi connectivity index (χ3v) is 4.94. The summed E-state index contributed by atoms with van der Waals surface area (Å²) >= 11 is 0. The van der Waals surface area contributed by atoms with Crippen LogP contribution in [0.3, 0.4) is 0 Å². The highest BCUT2D eigenvalue weighted by Crippen LogP contribution is 2.18. The van der Waals surface area contributed by atoms with E-state index < -0.39 is 0 Å². The minimum atomic E-state index is 0. The van der Waals surface area contributed by atoms with Crippen LogP contribution in [0.15, 0.2) is 29.4 Å². The molecule has 1 aliphatic rings. The summed E-state index contributed by atoms with van der Waals surface area (Å²) in [6.07, 6.45) is 2.79. The van der Waals surface area contributed by atoms with Crippen LogP contribution < -0.4 is 10.6 Å². The van der Waals surface area contributed by atoms with Gasteiger partial charge in [-0.25, -0.2) is 0 Å². The lowest BCUT2D eigenvalue weighted by Gasteiger charge is -2.21. The number of fused-ring (bicyclic) bond motifs is 1. The number of aliphatic imine (C=N–C) groups is 1. The minimum absolute atomic E-state index is 0. The molecule has 2 atom stereocenters. The van der Waals surface area contributed by atoms with E-state index in [0.29, 0.717) is 18.0 Å². The number of hydrogen-bond acceptors (Lipinski definition) is 4. The fourth-order valence-electron chi connectivity index (χ4n) is 3.34. The highest BCUT2D eigenvalue weighted by molar-refractivity contribution is 14.0. The van der Waals surface area contributed by atoms with Crippen molar-refractivity contribution in [3.05, 3.63) is 30.2 Å². The van der Waals surface area contributed by atoms with Gasteiger partial charge in [-0.3, -0.25) is 14.3 Å². The van der Waals surface area contributed by atoms with Crippen LogP contribution in [0.5, 0.6) is 0 Å². The molecule has 1 fully saturated rings. The summed E-state index contributed by atoms with van der Waals surface area (Å²) in [5.41, 5.74) is 0.883. The van der Waals surface area contributed by atoms with Gasteiger partial charge >= 0.3 is 0 Å². The lowest BCUT2D eigenvalue weighted by Crippen LogP contribution is -2.47. The first-order valence-electron chi connectivity index (χ1n) is 9.08. The van der Waals surface area contributed by atoms with E-state index in [9.17, 15) is 0 Å². The van der Waals surface area contributed by atoms with E-state index in [1.165, 1.54) is 0 Å². The van der Waals surface area contributed by atoms with Crippen molar-refractivity contribution < 1.29 is 0 Å². The first-order chi connectivity index (χ1) is 12.1. The Kier molecular flexibility index (Phi) is 7.63. The molecular weight excluding hydrogens is 441 g/mol. The summed E-state index contributed by atoms with van der Waals surface area (Å²) in [5.74, 6) is 2.43. The molecule has 144 valence electrons. The first kappa shape index (κ1) is 20.9. The molecule has 2 aromatic heterocycles. The summed E-state index contributed by atoms with van der Waals surface area (Å²) in [7, 11) is 1.82. The Morgan fingerprint density at radius 3 is 2.81 bits per heavy atom. The Bertz CT molecular complexity index is 727. The van der Waals surface area contributed by atoms with Gasteiger partial charge in [-0.1, -0.05) is 13.0 Å². The smallest absolute Gasteiger partial charge is 0.191 e. The summed E-state index contributed by atoms with van der Waals surface area (Å²) < 4.78 is 2.03. The molecule has 2 N–H and O–H groups in total. The molecule has 1 saturated heterocycles. The van der Waals surface area contributed by atoms with E-state index in [2.05, 4.69) is 51.5 Å². The molecule has 2 aromatic rings. The molecular formula is C18H30IN7. The summed E-state index contributed by atoms with van der Waals surface area (Å²) in [4.78, 5) is 6.88. The van der Waals surface area contributed by atoms with Crippen LogP contribution in [0.4, 0.5) is 0 Å². The van der Waals surface area contributed by atoms with Gasteiger partial charge in [-0.2, -0.15) is 0 Å². The number of aromatic nitrogens is 3. The molecule has 8 heteroatoms. The monoisotopic (exact) mass is 471 g/mol. The number of likely N-dealkylation sites (tertiary alicyclic amines) is 1. The maximum Gasteiger partial charge on any atom is 0.191 e. The fraction of sp³-hybridized carbons (Fsp3) is 0.611. The third kappa shape index (κ3) is 4.85. The van der Waals surface area contributed by atoms with Crippen LogP contribution in [-0.2, 0) is 6.42 Å². The van der Waals surface area contributed by atoms with E-state index >= 15 is 0 Å². The quantitative estimate of drug-likeness (QED) is 0.396. The van der Waals surface area contributed by atoms with Crippen molar-refractivity contribution in [1.29, 1.82) is 0 Å². The van der Waals surface area contributed by atoms with E-state index in [4.69, 9.17) is 0 Å². The normalized spacial score (nSPS) is 21.2. The number of nitrogens with zero attached hydrogens (tertiary/aromatic N) is 5. The molecule has 0 aromatic carbocycles. The molecule has 1 aliphatic heterocycles. The van der Waals surface area contributed by atoms with Crippen molar-refractivity contribution in [2.75, 3.05) is 26.7 Å². The molecule has 7 nitrogen and oxygen atoms in total. The highest BCUT2D eigenvalue weighted by Gasteiger charge is 2.31. The van der Waals surface area contributed by atoms with Gasteiger partial charge in [0.05, 0.1) is 0 Å². The average Bonchev–Trinajstić information content (AvgIpc) is 3.18. The SMILES string of the molecule is CN=C(NCCc1nnc2ccccn12)NC1CN(C(C)C)CC1C.I. The van der Waals surface area contributed by atoms with Crippen molar-refractivity contribution in [3.63, 3.8) is 0 Å². The van der Waals surface area contributed by atoms with Crippen LogP contribution in [0.1, 0.15) is 26.6 Å².